The number of fused-ring (bicyclic) bond motifs is 1. The van der Waals surface area contributed by atoms with Gasteiger partial charge >= 0.3 is 0 Å². The van der Waals surface area contributed by atoms with Crippen LogP contribution < -0.4 is 10.6 Å². The second kappa shape index (κ2) is 12.2. The van der Waals surface area contributed by atoms with E-state index in [1.54, 1.807) is 0 Å². The van der Waals surface area contributed by atoms with Crippen molar-refractivity contribution in [2.75, 3.05) is 13.1 Å². The van der Waals surface area contributed by atoms with Crippen LogP contribution in [0.4, 0.5) is 4.39 Å². The van der Waals surface area contributed by atoms with Gasteiger partial charge in [-0.15, -0.1) is 0 Å². The van der Waals surface area contributed by atoms with E-state index in [1.807, 2.05) is 6.07 Å². The molecule has 9 heteroatoms. The zero-order valence-corrected chi connectivity index (χ0v) is 20.9. The lowest BCUT2D eigenvalue weighted by molar-refractivity contribution is 0.0945. The number of aromatic amines is 1. The number of rotatable bonds is 12. The fraction of sp³-hybridized carbons (Fsp3) is 0.241. The van der Waals surface area contributed by atoms with Gasteiger partial charge in [0.05, 0.1) is 23.3 Å². The molecule has 194 valence electrons. The smallest absolute Gasteiger partial charge is 0.273 e. The van der Waals surface area contributed by atoms with Crippen molar-refractivity contribution in [3.05, 3.63) is 113 Å². The third-order valence-corrected chi connectivity index (χ3v) is 6.23. The Bertz CT molecular complexity index is 1500. The van der Waals surface area contributed by atoms with Gasteiger partial charge in [-0.05, 0) is 48.2 Å². The summed E-state index contributed by atoms with van der Waals surface area (Å²) in [5.41, 5.74) is 4.98. The van der Waals surface area contributed by atoms with E-state index in [-0.39, 0.29) is 17.9 Å². The molecule has 1 amide bonds. The van der Waals surface area contributed by atoms with Gasteiger partial charge in [0.15, 0.2) is 11.6 Å². The number of nitrogens with zero attached hydrogens (tertiary/aromatic N) is 3. The van der Waals surface area contributed by atoms with Crippen LogP contribution in [-0.4, -0.2) is 38.9 Å². The molecule has 0 radical (unpaired) electrons. The van der Waals surface area contributed by atoms with Crippen molar-refractivity contribution in [1.82, 2.24) is 30.6 Å². The average molecular weight is 513 g/mol. The summed E-state index contributed by atoms with van der Waals surface area (Å²) in [5.74, 6) is 0.489. The van der Waals surface area contributed by atoms with Crippen LogP contribution >= 0.6 is 0 Å². The highest BCUT2D eigenvalue weighted by Crippen LogP contribution is 2.16. The maximum absolute atomic E-state index is 13.6. The van der Waals surface area contributed by atoms with Gasteiger partial charge in [0, 0.05) is 32.1 Å². The number of carbonyl (C=O) groups is 1. The lowest BCUT2D eigenvalue weighted by Crippen LogP contribution is -2.24. The molecule has 0 fully saturated rings. The van der Waals surface area contributed by atoms with E-state index >= 15 is 0 Å². The van der Waals surface area contributed by atoms with E-state index in [9.17, 15) is 9.18 Å². The van der Waals surface area contributed by atoms with Crippen LogP contribution in [0.25, 0.3) is 11.0 Å². The Morgan fingerprint density at radius 1 is 0.921 bits per heavy atom. The Hall–Kier alpha value is -4.37. The zero-order valence-electron chi connectivity index (χ0n) is 20.9. The Morgan fingerprint density at radius 3 is 2.63 bits per heavy atom. The molecule has 3 heterocycles. The largest absolute Gasteiger partial charge is 0.448 e. The molecule has 0 aliphatic carbocycles. The summed E-state index contributed by atoms with van der Waals surface area (Å²) in [4.78, 5) is 28.5. The van der Waals surface area contributed by atoms with E-state index in [0.717, 1.165) is 42.7 Å². The fourth-order valence-electron chi connectivity index (χ4n) is 4.18. The lowest BCUT2D eigenvalue weighted by Gasteiger charge is -2.03. The topological polar surface area (TPSA) is 109 Å². The highest BCUT2D eigenvalue weighted by Gasteiger charge is 2.13. The normalized spacial score (nSPS) is 11.2. The van der Waals surface area contributed by atoms with Gasteiger partial charge in [-0.2, -0.15) is 0 Å². The van der Waals surface area contributed by atoms with Crippen LogP contribution in [0, 0.1) is 5.82 Å². The van der Waals surface area contributed by atoms with Crippen LogP contribution in [0.2, 0.25) is 0 Å². The molecule has 0 unspecified atom stereocenters. The van der Waals surface area contributed by atoms with Crippen LogP contribution in [0.5, 0.6) is 0 Å². The van der Waals surface area contributed by atoms with Crippen LogP contribution in [0.3, 0.4) is 0 Å². The predicted octanol–water partition coefficient (Wildman–Crippen LogP) is 4.18. The monoisotopic (exact) mass is 512 g/mol. The van der Waals surface area contributed by atoms with Gasteiger partial charge in [0.1, 0.15) is 17.9 Å². The van der Waals surface area contributed by atoms with Crippen LogP contribution in [0.1, 0.15) is 39.0 Å². The lowest BCUT2D eigenvalue weighted by atomic mass is 10.0. The standard InChI is InChI=1S/C29H29FN6O2/c30-22-7-4-14-32-25(22)18-33-29(37)26-19-38-28(36-26)13-16-31-15-12-27-34-23-11-10-21(17-24(23)35-27)9-8-20-5-2-1-3-6-20/h1-7,10-11,14,17,19,31H,8-9,12-13,15-16,18H2,(H,33,37)(H,34,35). The number of halogens is 1. The molecule has 0 aliphatic rings. The highest BCUT2D eigenvalue weighted by atomic mass is 19.1. The Balaban J connectivity index is 1.03. The second-order valence-corrected chi connectivity index (χ2v) is 9.01. The minimum absolute atomic E-state index is 0.0218. The molecule has 0 bridgehead atoms. The van der Waals surface area contributed by atoms with E-state index in [2.05, 4.69) is 68.1 Å². The van der Waals surface area contributed by atoms with Gasteiger partial charge in [0.2, 0.25) is 0 Å². The number of imidazole rings is 1. The first kappa shape index (κ1) is 25.3. The van der Waals surface area contributed by atoms with E-state index < -0.39 is 11.7 Å². The van der Waals surface area contributed by atoms with Gasteiger partial charge in [-0.25, -0.2) is 14.4 Å². The summed E-state index contributed by atoms with van der Waals surface area (Å²) in [5, 5.41) is 5.96. The first-order valence-corrected chi connectivity index (χ1v) is 12.7. The molecule has 3 N–H and O–H groups in total. The molecule has 38 heavy (non-hydrogen) atoms. The highest BCUT2D eigenvalue weighted by molar-refractivity contribution is 5.91. The molecule has 5 aromatic rings. The molecule has 0 atom stereocenters. The van der Waals surface area contributed by atoms with Crippen LogP contribution in [0.15, 0.2) is 77.5 Å². The molecular weight excluding hydrogens is 483 g/mol. The maximum Gasteiger partial charge on any atom is 0.273 e. The SMILES string of the molecule is O=C(NCc1ncccc1F)c1coc(CCNCCc2nc3ccc(CCc4ccccc4)cc3[nH]2)n1. The molecule has 3 aromatic heterocycles. The number of hydrogen-bond donors (Lipinski definition) is 3. The number of benzene rings is 2. The van der Waals surface area contributed by atoms with Crippen molar-refractivity contribution in [3.8, 4) is 0 Å². The van der Waals surface area contributed by atoms with Gasteiger partial charge < -0.3 is 20.0 Å². The first-order chi connectivity index (χ1) is 18.6. The van der Waals surface area contributed by atoms with Crippen molar-refractivity contribution in [2.45, 2.75) is 32.2 Å². The minimum Gasteiger partial charge on any atom is -0.448 e. The molecular formula is C29H29FN6O2. The average Bonchev–Trinajstić information content (AvgIpc) is 3.58. The second-order valence-electron chi connectivity index (χ2n) is 9.01. The third kappa shape index (κ3) is 6.68. The summed E-state index contributed by atoms with van der Waals surface area (Å²) >= 11 is 0. The molecule has 8 nitrogen and oxygen atoms in total. The number of carbonyl (C=O) groups excluding carboxylic acids is 1. The van der Waals surface area contributed by atoms with Gasteiger partial charge in [0.25, 0.3) is 5.91 Å². The molecule has 0 saturated heterocycles. The molecule has 0 saturated carbocycles. The van der Waals surface area contributed by atoms with Crippen LogP contribution in [-0.2, 0) is 32.2 Å². The quantitative estimate of drug-likeness (QED) is 0.217. The molecule has 2 aromatic carbocycles. The van der Waals surface area contributed by atoms with Crippen molar-refractivity contribution in [2.24, 2.45) is 0 Å². The number of oxazole rings is 1. The molecule has 5 rings (SSSR count). The fourth-order valence-corrected chi connectivity index (χ4v) is 4.18. The minimum atomic E-state index is -0.467. The van der Waals surface area contributed by atoms with Crippen molar-refractivity contribution in [1.29, 1.82) is 0 Å². The number of pyridine rings is 1. The zero-order chi connectivity index (χ0) is 26.2. The third-order valence-electron chi connectivity index (χ3n) is 6.23. The number of H-pyrrole nitrogens is 1. The number of nitrogens with one attached hydrogen (secondary N) is 3. The number of amides is 1. The van der Waals surface area contributed by atoms with E-state index in [0.29, 0.717) is 18.9 Å². The first-order valence-electron chi connectivity index (χ1n) is 12.7. The Kier molecular flexibility index (Phi) is 8.15. The molecule has 0 aliphatic heterocycles. The van der Waals surface area contributed by atoms with Crippen molar-refractivity contribution in [3.63, 3.8) is 0 Å². The van der Waals surface area contributed by atoms with E-state index in [1.165, 1.54) is 35.7 Å². The summed E-state index contributed by atoms with van der Waals surface area (Å²) in [6.45, 7) is 1.36. The maximum atomic E-state index is 13.6. The Morgan fingerprint density at radius 2 is 1.76 bits per heavy atom. The van der Waals surface area contributed by atoms with Gasteiger partial charge in [-0.3, -0.25) is 9.78 Å². The predicted molar refractivity (Wildman–Crippen MR) is 142 cm³/mol. The summed E-state index contributed by atoms with van der Waals surface area (Å²) < 4.78 is 19.1. The number of aromatic nitrogens is 4. The summed E-state index contributed by atoms with van der Waals surface area (Å²) in [6.07, 6.45) is 6.08. The number of aryl methyl sites for hydroxylation is 2. The van der Waals surface area contributed by atoms with Crippen molar-refractivity contribution >= 4 is 16.9 Å². The van der Waals surface area contributed by atoms with Crippen molar-refractivity contribution < 1.29 is 13.6 Å². The summed E-state index contributed by atoms with van der Waals surface area (Å²) in [6, 6.07) is 19.7. The van der Waals surface area contributed by atoms with Gasteiger partial charge in [-0.1, -0.05) is 36.4 Å². The number of hydrogen-bond acceptors (Lipinski definition) is 6. The molecule has 0 spiro atoms. The van der Waals surface area contributed by atoms with E-state index in [4.69, 9.17) is 9.40 Å². The Labute approximate surface area is 219 Å². The summed E-state index contributed by atoms with van der Waals surface area (Å²) in [7, 11) is 0.